The highest BCUT2D eigenvalue weighted by Crippen LogP contribution is 2.40. The molecule has 1 aromatic rings. The van der Waals surface area contributed by atoms with Crippen LogP contribution in [0.4, 0.5) is 18.0 Å². The Labute approximate surface area is 155 Å². The number of hydrogen-bond donors (Lipinski definition) is 0. The summed E-state index contributed by atoms with van der Waals surface area (Å²) >= 11 is 0. The Morgan fingerprint density at radius 2 is 1.59 bits per heavy atom. The first-order valence-corrected chi connectivity index (χ1v) is 8.90. The summed E-state index contributed by atoms with van der Waals surface area (Å²) in [6.45, 7) is 5.40. The van der Waals surface area contributed by atoms with Crippen LogP contribution in [0.1, 0.15) is 62.6 Å². The van der Waals surface area contributed by atoms with E-state index in [1.807, 2.05) is 0 Å². The van der Waals surface area contributed by atoms with Crippen molar-refractivity contribution in [1.82, 2.24) is 14.9 Å². The Kier molecular flexibility index (Phi) is 4.90. The Morgan fingerprint density at radius 1 is 1.07 bits per heavy atom. The minimum Gasteiger partial charge on any atom is -0.444 e. The first-order valence-electron chi connectivity index (χ1n) is 8.90. The molecule has 27 heavy (non-hydrogen) atoms. The number of Topliss-reactive ketones (excluding diaryl/α,β-unsaturated/α-hetero) is 1. The van der Waals surface area contributed by atoms with Crippen LogP contribution in [0.25, 0.3) is 0 Å². The smallest absolute Gasteiger partial charge is 0.444 e. The van der Waals surface area contributed by atoms with Gasteiger partial charge in [0.2, 0.25) is 5.82 Å². The number of carbonyl (C=O) groups is 2. The maximum absolute atomic E-state index is 12.7. The number of ketones is 1. The minimum absolute atomic E-state index is 0.0677. The van der Waals surface area contributed by atoms with Crippen molar-refractivity contribution in [2.24, 2.45) is 5.92 Å². The first kappa shape index (κ1) is 19.6. The van der Waals surface area contributed by atoms with Crippen LogP contribution in [-0.2, 0) is 10.9 Å². The average Bonchev–Trinajstić information content (AvgIpc) is 2.82. The van der Waals surface area contributed by atoms with Crippen molar-refractivity contribution in [1.29, 1.82) is 0 Å². The van der Waals surface area contributed by atoms with Gasteiger partial charge in [0.25, 0.3) is 0 Å². The highest BCUT2D eigenvalue weighted by molar-refractivity contribution is 5.97. The van der Waals surface area contributed by atoms with Crippen molar-refractivity contribution in [2.75, 3.05) is 0 Å². The zero-order chi connectivity index (χ0) is 20.0. The molecular formula is C18H22F3N3O3. The van der Waals surface area contributed by atoms with Crippen LogP contribution in [0, 0.1) is 5.92 Å². The highest BCUT2D eigenvalue weighted by Gasteiger charge is 2.46. The van der Waals surface area contributed by atoms with Gasteiger partial charge in [-0.2, -0.15) is 13.2 Å². The molecule has 0 saturated carbocycles. The number of piperidine rings is 1. The van der Waals surface area contributed by atoms with Crippen molar-refractivity contribution in [3.05, 3.63) is 23.8 Å². The van der Waals surface area contributed by atoms with Gasteiger partial charge in [-0.15, -0.1) is 0 Å². The number of ether oxygens (including phenoxy) is 1. The van der Waals surface area contributed by atoms with Gasteiger partial charge in [-0.3, -0.25) is 4.79 Å². The first-order chi connectivity index (χ1) is 12.5. The summed E-state index contributed by atoms with van der Waals surface area (Å²) < 4.78 is 43.1. The van der Waals surface area contributed by atoms with Gasteiger partial charge < -0.3 is 9.64 Å². The molecule has 3 rings (SSSR count). The normalized spacial score (nSPS) is 25.4. The van der Waals surface area contributed by atoms with E-state index in [0.717, 1.165) is 25.2 Å². The van der Waals surface area contributed by atoms with E-state index in [0.29, 0.717) is 12.8 Å². The molecule has 2 bridgehead atoms. The molecule has 0 aliphatic carbocycles. The Balaban J connectivity index is 1.69. The second kappa shape index (κ2) is 6.76. The van der Waals surface area contributed by atoms with Crippen molar-refractivity contribution in [2.45, 2.75) is 70.3 Å². The van der Waals surface area contributed by atoms with E-state index in [4.69, 9.17) is 4.74 Å². The van der Waals surface area contributed by atoms with E-state index in [1.165, 1.54) is 0 Å². The molecule has 9 heteroatoms. The summed E-state index contributed by atoms with van der Waals surface area (Å²) in [7, 11) is 0. The second-order valence-corrected chi connectivity index (χ2v) is 8.10. The molecule has 148 valence electrons. The zero-order valence-corrected chi connectivity index (χ0v) is 15.4. The molecule has 1 amide bonds. The second-order valence-electron chi connectivity index (χ2n) is 8.10. The number of carbonyl (C=O) groups excluding carboxylic acids is 2. The van der Waals surface area contributed by atoms with Gasteiger partial charge in [0.15, 0.2) is 5.78 Å². The largest absolute Gasteiger partial charge is 0.451 e. The average molecular weight is 385 g/mol. The van der Waals surface area contributed by atoms with E-state index in [2.05, 4.69) is 9.97 Å². The standard InChI is InChI=1S/C18H22F3N3O3/c1-17(2,3)27-16(26)24-12-4-5-13(24)7-10(6-12)14(25)11-8-22-15(23-9-11)18(19,20)21/h8-10,12-13H,4-7H2,1-3H3. The number of aromatic nitrogens is 2. The Bertz CT molecular complexity index is 714. The van der Waals surface area contributed by atoms with Gasteiger partial charge in [0.05, 0.1) is 5.56 Å². The number of rotatable bonds is 2. The number of hydrogen-bond acceptors (Lipinski definition) is 5. The fourth-order valence-corrected chi connectivity index (χ4v) is 3.84. The number of fused-ring (bicyclic) bond motifs is 2. The molecule has 2 aliphatic heterocycles. The third-order valence-electron chi connectivity index (χ3n) is 4.90. The lowest BCUT2D eigenvalue weighted by Gasteiger charge is -2.39. The van der Waals surface area contributed by atoms with Gasteiger partial charge in [-0.05, 0) is 46.5 Å². The summed E-state index contributed by atoms with van der Waals surface area (Å²) in [6.07, 6.45) is -0.640. The molecule has 3 heterocycles. The summed E-state index contributed by atoms with van der Waals surface area (Å²) in [5.41, 5.74) is -0.529. The predicted octanol–water partition coefficient (Wildman–Crippen LogP) is 3.86. The maximum Gasteiger partial charge on any atom is 0.451 e. The lowest BCUT2D eigenvalue weighted by molar-refractivity contribution is -0.145. The molecule has 0 radical (unpaired) electrons. The van der Waals surface area contributed by atoms with Gasteiger partial charge >= 0.3 is 12.3 Å². The van der Waals surface area contributed by atoms with E-state index in [1.54, 1.807) is 25.7 Å². The molecule has 6 nitrogen and oxygen atoms in total. The van der Waals surface area contributed by atoms with E-state index in [9.17, 15) is 22.8 Å². The number of nitrogens with zero attached hydrogens (tertiary/aromatic N) is 3. The van der Waals surface area contributed by atoms with Crippen LogP contribution in [0.2, 0.25) is 0 Å². The summed E-state index contributed by atoms with van der Waals surface area (Å²) in [5.74, 6) is -1.90. The fourth-order valence-electron chi connectivity index (χ4n) is 3.84. The van der Waals surface area contributed by atoms with Crippen molar-refractivity contribution >= 4 is 11.9 Å². The topological polar surface area (TPSA) is 72.4 Å². The Morgan fingerprint density at radius 3 is 2.04 bits per heavy atom. The number of amides is 1. The van der Waals surface area contributed by atoms with Gasteiger partial charge in [-0.25, -0.2) is 14.8 Å². The molecule has 0 aromatic carbocycles. The summed E-state index contributed by atoms with van der Waals surface area (Å²) in [6, 6.07) is -0.189. The van der Waals surface area contributed by atoms with Gasteiger partial charge in [0.1, 0.15) is 5.60 Å². The number of alkyl halides is 3. The fraction of sp³-hybridized carbons (Fsp3) is 0.667. The van der Waals surface area contributed by atoms with Crippen molar-refractivity contribution in [3.63, 3.8) is 0 Å². The van der Waals surface area contributed by atoms with Crippen LogP contribution in [0.15, 0.2) is 12.4 Å². The van der Waals surface area contributed by atoms with E-state index in [-0.39, 0.29) is 35.4 Å². The third kappa shape index (κ3) is 4.22. The molecule has 2 atom stereocenters. The quantitative estimate of drug-likeness (QED) is 0.723. The van der Waals surface area contributed by atoms with Crippen LogP contribution in [0.5, 0.6) is 0 Å². The van der Waals surface area contributed by atoms with Crippen LogP contribution in [-0.4, -0.2) is 44.4 Å². The summed E-state index contributed by atoms with van der Waals surface area (Å²) in [4.78, 5) is 33.4. The van der Waals surface area contributed by atoms with Crippen LogP contribution in [0.3, 0.4) is 0 Å². The van der Waals surface area contributed by atoms with Gasteiger partial charge in [-0.1, -0.05) is 0 Å². The van der Waals surface area contributed by atoms with Crippen molar-refractivity contribution in [3.8, 4) is 0 Å². The number of halogens is 3. The third-order valence-corrected chi connectivity index (χ3v) is 4.90. The molecule has 0 spiro atoms. The zero-order valence-electron chi connectivity index (χ0n) is 15.4. The lowest BCUT2D eigenvalue weighted by atomic mass is 9.85. The van der Waals surface area contributed by atoms with Gasteiger partial charge in [0, 0.05) is 30.4 Å². The van der Waals surface area contributed by atoms with Crippen molar-refractivity contribution < 1.29 is 27.5 Å². The maximum atomic E-state index is 12.7. The molecule has 2 unspecified atom stereocenters. The minimum atomic E-state index is -4.64. The monoisotopic (exact) mass is 385 g/mol. The molecule has 1 aromatic heterocycles. The van der Waals surface area contributed by atoms with Crippen LogP contribution < -0.4 is 0 Å². The van der Waals surface area contributed by atoms with E-state index < -0.39 is 17.6 Å². The molecule has 2 saturated heterocycles. The Hall–Kier alpha value is -2.19. The molecule has 0 N–H and O–H groups in total. The van der Waals surface area contributed by atoms with E-state index >= 15 is 0 Å². The molecule has 2 aliphatic rings. The molecule has 2 fully saturated rings. The lowest BCUT2D eigenvalue weighted by Crippen LogP contribution is -2.49. The summed E-state index contributed by atoms with van der Waals surface area (Å²) in [5, 5.41) is 0. The highest BCUT2D eigenvalue weighted by atomic mass is 19.4. The van der Waals surface area contributed by atoms with Crippen LogP contribution >= 0.6 is 0 Å². The molecular weight excluding hydrogens is 363 g/mol. The SMILES string of the molecule is CC(C)(C)OC(=O)N1C2CCC1CC(C(=O)c1cnc(C(F)(F)F)nc1)C2. The predicted molar refractivity (Wildman–Crippen MR) is 89.0 cm³/mol.